The number of anilines is 1. The first kappa shape index (κ1) is 13.3. The predicted octanol–water partition coefficient (Wildman–Crippen LogP) is 2.41. The van der Waals surface area contributed by atoms with Crippen molar-refractivity contribution >= 4 is 11.6 Å². The van der Waals surface area contributed by atoms with Crippen LogP contribution in [-0.2, 0) is 27.1 Å². The minimum Gasteiger partial charge on any atom is -0.324 e. The molecule has 20 heavy (non-hydrogen) atoms. The molecule has 2 heterocycles. The number of hydrogen-bond donors (Lipinski definition) is 0. The van der Waals surface area contributed by atoms with Crippen LogP contribution in [0.4, 0.5) is 5.69 Å². The first-order chi connectivity index (χ1) is 9.69. The second-order valence-corrected chi connectivity index (χ2v) is 5.17. The van der Waals surface area contributed by atoms with Crippen molar-refractivity contribution in [3.05, 3.63) is 42.0 Å². The lowest BCUT2D eigenvalue weighted by molar-refractivity contribution is -0.376. The lowest BCUT2D eigenvalue weighted by Crippen LogP contribution is -2.38. The summed E-state index contributed by atoms with van der Waals surface area (Å²) in [7, 11) is 0. The lowest BCUT2D eigenvalue weighted by Gasteiger charge is -2.33. The summed E-state index contributed by atoms with van der Waals surface area (Å²) in [5.74, 6) is -0.0274. The molecule has 1 aromatic carbocycles. The highest BCUT2D eigenvalue weighted by Gasteiger charge is 2.28. The Labute approximate surface area is 119 Å². The normalized spacial score (nSPS) is 24.1. The molecule has 2 aliphatic rings. The Kier molecular flexibility index (Phi) is 3.59. The highest BCUT2D eigenvalue weighted by molar-refractivity contribution is 6.02. The van der Waals surface area contributed by atoms with Gasteiger partial charge < -0.3 is 14.4 Å². The van der Waals surface area contributed by atoms with E-state index in [1.807, 2.05) is 19.1 Å². The number of ether oxygens (including phenoxy) is 2. The second-order valence-electron chi connectivity index (χ2n) is 5.17. The van der Waals surface area contributed by atoms with Gasteiger partial charge in [-0.05, 0) is 43.0 Å². The summed E-state index contributed by atoms with van der Waals surface area (Å²) in [5, 5.41) is 0. The fourth-order valence-electron chi connectivity index (χ4n) is 2.93. The summed E-state index contributed by atoms with van der Waals surface area (Å²) < 4.78 is 10.9. The Morgan fingerprint density at radius 2 is 2.30 bits per heavy atom. The molecule has 0 saturated carbocycles. The van der Waals surface area contributed by atoms with Gasteiger partial charge in [-0.15, -0.1) is 0 Å². The highest BCUT2D eigenvalue weighted by atomic mass is 16.9. The average molecular weight is 273 g/mol. The Balaban J connectivity index is 1.72. The fraction of sp³-hybridized carbons (Fsp3) is 0.438. The van der Waals surface area contributed by atoms with E-state index in [1.54, 1.807) is 4.90 Å². The Morgan fingerprint density at radius 3 is 3.00 bits per heavy atom. The van der Waals surface area contributed by atoms with Gasteiger partial charge in [0.25, 0.3) is 0 Å². The summed E-state index contributed by atoms with van der Waals surface area (Å²) in [4.78, 5) is 13.6. The summed E-state index contributed by atoms with van der Waals surface area (Å²) in [6, 6.07) is 6.14. The van der Waals surface area contributed by atoms with Gasteiger partial charge in [0.15, 0.2) is 12.6 Å². The van der Waals surface area contributed by atoms with E-state index in [9.17, 15) is 4.79 Å². The van der Waals surface area contributed by atoms with Crippen LogP contribution >= 0.6 is 0 Å². The molecule has 1 amide bonds. The molecule has 106 valence electrons. The maximum atomic E-state index is 11.8. The molecule has 1 aromatic rings. The van der Waals surface area contributed by atoms with Crippen LogP contribution in [0.5, 0.6) is 0 Å². The van der Waals surface area contributed by atoms with Gasteiger partial charge in [-0.25, -0.2) is 0 Å². The Hall–Kier alpha value is -1.65. The average Bonchev–Trinajstić information content (AvgIpc) is 2.86. The molecule has 0 aliphatic carbocycles. The van der Waals surface area contributed by atoms with E-state index in [4.69, 9.17) is 9.47 Å². The first-order valence-electron chi connectivity index (χ1n) is 7.04. The second kappa shape index (κ2) is 5.38. The van der Waals surface area contributed by atoms with E-state index in [0.29, 0.717) is 0 Å². The van der Waals surface area contributed by atoms with Crippen LogP contribution in [0, 0.1) is 0 Å². The molecule has 4 nitrogen and oxygen atoms in total. The summed E-state index contributed by atoms with van der Waals surface area (Å²) in [5.41, 5.74) is 3.58. The fourth-order valence-corrected chi connectivity index (χ4v) is 2.93. The number of carbonyl (C=O) groups is 1. The summed E-state index contributed by atoms with van der Waals surface area (Å²) in [6.45, 7) is 6.20. The molecule has 0 unspecified atom stereocenters. The zero-order chi connectivity index (χ0) is 14.1. The lowest BCUT2D eigenvalue weighted by atomic mass is 10.0. The van der Waals surface area contributed by atoms with Gasteiger partial charge in [-0.1, -0.05) is 18.7 Å². The number of amides is 1. The van der Waals surface area contributed by atoms with Crippen LogP contribution in [0.25, 0.3) is 0 Å². The van der Waals surface area contributed by atoms with Gasteiger partial charge in [0.1, 0.15) is 0 Å². The number of aryl methyl sites for hydroxylation is 1. The largest absolute Gasteiger partial charge is 0.324 e. The van der Waals surface area contributed by atoms with Gasteiger partial charge in [0, 0.05) is 18.7 Å². The van der Waals surface area contributed by atoms with Crippen molar-refractivity contribution in [3.63, 3.8) is 0 Å². The highest BCUT2D eigenvalue weighted by Crippen LogP contribution is 2.32. The Bertz CT molecular complexity index is 535. The zero-order valence-corrected chi connectivity index (χ0v) is 11.7. The van der Waals surface area contributed by atoms with Gasteiger partial charge in [0.2, 0.25) is 5.91 Å². The molecule has 1 saturated heterocycles. The predicted molar refractivity (Wildman–Crippen MR) is 76.4 cm³/mol. The van der Waals surface area contributed by atoms with Crippen molar-refractivity contribution in [1.82, 2.24) is 0 Å². The van der Waals surface area contributed by atoms with Crippen LogP contribution in [0.3, 0.4) is 0 Å². The van der Waals surface area contributed by atoms with Crippen molar-refractivity contribution in [2.75, 3.05) is 11.4 Å². The third kappa shape index (κ3) is 2.37. The smallest absolute Gasteiger partial charge is 0.250 e. The molecule has 0 spiro atoms. The molecular formula is C16H19NO3. The molecule has 2 aliphatic heterocycles. The Morgan fingerprint density at radius 1 is 1.50 bits per heavy atom. The number of fused-ring (bicyclic) bond motifs is 1. The summed E-state index contributed by atoms with van der Waals surface area (Å²) in [6.07, 6.45) is 3.91. The van der Waals surface area contributed by atoms with Crippen molar-refractivity contribution < 1.29 is 14.3 Å². The van der Waals surface area contributed by atoms with E-state index in [-0.39, 0.29) is 18.5 Å². The molecule has 4 heteroatoms. The van der Waals surface area contributed by atoms with Crippen LogP contribution in [0.2, 0.25) is 0 Å². The van der Waals surface area contributed by atoms with E-state index in [2.05, 4.69) is 12.6 Å². The molecule has 0 aromatic heterocycles. The molecule has 1 fully saturated rings. The molecule has 0 atom stereocenters. The van der Waals surface area contributed by atoms with E-state index in [0.717, 1.165) is 31.5 Å². The number of rotatable bonds is 4. The SMILES string of the molecule is C=CC(=O)N1CCc2c(CCC3OC(C)O3)cccc21. The third-order valence-electron chi connectivity index (χ3n) is 3.90. The maximum Gasteiger partial charge on any atom is 0.250 e. The van der Waals surface area contributed by atoms with Crippen LogP contribution in [0.1, 0.15) is 24.5 Å². The van der Waals surface area contributed by atoms with Crippen molar-refractivity contribution in [2.45, 2.75) is 38.8 Å². The van der Waals surface area contributed by atoms with Crippen LogP contribution in [-0.4, -0.2) is 25.0 Å². The van der Waals surface area contributed by atoms with Crippen LogP contribution < -0.4 is 4.90 Å². The monoisotopic (exact) mass is 273 g/mol. The molecular weight excluding hydrogens is 254 g/mol. The third-order valence-corrected chi connectivity index (χ3v) is 3.90. The first-order valence-corrected chi connectivity index (χ1v) is 7.04. The van der Waals surface area contributed by atoms with Gasteiger partial charge in [-0.2, -0.15) is 0 Å². The van der Waals surface area contributed by atoms with Crippen LogP contribution in [0.15, 0.2) is 30.9 Å². The topological polar surface area (TPSA) is 38.8 Å². The zero-order valence-electron chi connectivity index (χ0n) is 11.7. The van der Waals surface area contributed by atoms with E-state index in [1.165, 1.54) is 17.2 Å². The van der Waals surface area contributed by atoms with Gasteiger partial charge in [0.05, 0.1) is 0 Å². The van der Waals surface area contributed by atoms with E-state index < -0.39 is 0 Å². The maximum absolute atomic E-state index is 11.8. The molecule has 3 rings (SSSR count). The summed E-state index contributed by atoms with van der Waals surface area (Å²) >= 11 is 0. The van der Waals surface area contributed by atoms with Gasteiger partial charge in [-0.3, -0.25) is 4.79 Å². The number of nitrogens with zero attached hydrogens (tertiary/aromatic N) is 1. The number of carbonyl (C=O) groups excluding carboxylic acids is 1. The molecule has 0 N–H and O–H groups in total. The standard InChI is InChI=1S/C16H19NO3/c1-3-15(18)17-10-9-13-12(5-4-6-14(13)17)7-8-16-19-11(2)20-16/h3-6,11,16H,1,7-10H2,2H3. The molecule has 0 radical (unpaired) electrons. The van der Waals surface area contributed by atoms with Crippen molar-refractivity contribution in [3.8, 4) is 0 Å². The minimum atomic E-state index is -0.0758. The quantitative estimate of drug-likeness (QED) is 0.791. The van der Waals surface area contributed by atoms with Crippen molar-refractivity contribution in [1.29, 1.82) is 0 Å². The van der Waals surface area contributed by atoms with Crippen molar-refractivity contribution in [2.24, 2.45) is 0 Å². The molecule has 0 bridgehead atoms. The minimum absolute atomic E-state index is 0.0274. The number of benzene rings is 1. The van der Waals surface area contributed by atoms with E-state index >= 15 is 0 Å². The number of hydrogen-bond acceptors (Lipinski definition) is 3. The van der Waals surface area contributed by atoms with Gasteiger partial charge >= 0.3 is 0 Å².